The first-order valence-electron chi connectivity index (χ1n) is 7.72. The van der Waals surface area contributed by atoms with Crippen molar-refractivity contribution in [1.82, 2.24) is 5.32 Å². The molecule has 0 aromatic heterocycles. The highest BCUT2D eigenvalue weighted by Crippen LogP contribution is 2.14. The summed E-state index contributed by atoms with van der Waals surface area (Å²) in [4.78, 5) is 12.0. The number of rotatable bonds is 7. The van der Waals surface area contributed by atoms with Crippen LogP contribution in [-0.4, -0.2) is 23.2 Å². The number of aryl methyl sites for hydroxylation is 1. The molecule has 0 fully saturated rings. The first kappa shape index (κ1) is 17.5. The Labute approximate surface area is 142 Å². The average Bonchev–Trinajstić information content (AvgIpc) is 2.55. The Morgan fingerprint density at radius 3 is 2.39 bits per heavy atom. The zero-order valence-corrected chi connectivity index (χ0v) is 14.0. The summed E-state index contributed by atoms with van der Waals surface area (Å²) < 4.78 is 0. The molecule has 0 saturated heterocycles. The summed E-state index contributed by atoms with van der Waals surface area (Å²) in [7, 11) is 0. The van der Waals surface area contributed by atoms with Gasteiger partial charge in [-0.25, -0.2) is 0 Å². The molecule has 1 atom stereocenters. The van der Waals surface area contributed by atoms with Gasteiger partial charge in [-0.3, -0.25) is 4.79 Å². The standard InChI is InChI=1S/C19H22ClNO2/c1-19(23,12-11-15-5-3-2-4-6-15)14-21-18(22)13-16-7-9-17(20)10-8-16/h2-10,23H,11-14H2,1H3,(H,21,22)/t19-/m0/s1. The van der Waals surface area contributed by atoms with Gasteiger partial charge >= 0.3 is 0 Å². The van der Waals surface area contributed by atoms with Crippen molar-refractivity contribution in [1.29, 1.82) is 0 Å². The minimum Gasteiger partial charge on any atom is -0.388 e. The van der Waals surface area contributed by atoms with Gasteiger partial charge in [0.05, 0.1) is 12.0 Å². The van der Waals surface area contributed by atoms with Crippen LogP contribution in [0.3, 0.4) is 0 Å². The Kier molecular flexibility index (Phi) is 6.20. The quantitative estimate of drug-likeness (QED) is 0.817. The molecule has 1 amide bonds. The van der Waals surface area contributed by atoms with Gasteiger partial charge in [-0.05, 0) is 43.0 Å². The van der Waals surface area contributed by atoms with Crippen LogP contribution in [0.4, 0.5) is 0 Å². The van der Waals surface area contributed by atoms with Gasteiger partial charge in [0.25, 0.3) is 0 Å². The number of halogens is 1. The number of hydrogen-bond acceptors (Lipinski definition) is 2. The van der Waals surface area contributed by atoms with Gasteiger partial charge in [0.15, 0.2) is 0 Å². The molecule has 0 spiro atoms. The van der Waals surface area contributed by atoms with Gasteiger partial charge in [-0.15, -0.1) is 0 Å². The number of benzene rings is 2. The Bertz CT molecular complexity index is 624. The molecule has 0 unspecified atom stereocenters. The second-order valence-electron chi connectivity index (χ2n) is 6.06. The maximum Gasteiger partial charge on any atom is 0.224 e. The van der Waals surface area contributed by atoms with E-state index in [2.05, 4.69) is 5.32 Å². The molecule has 2 aromatic rings. The molecule has 0 saturated carbocycles. The molecule has 2 rings (SSSR count). The lowest BCUT2D eigenvalue weighted by atomic mass is 9.96. The van der Waals surface area contributed by atoms with Crippen LogP contribution in [0.2, 0.25) is 5.02 Å². The van der Waals surface area contributed by atoms with Crippen LogP contribution < -0.4 is 5.32 Å². The predicted molar refractivity (Wildman–Crippen MR) is 93.6 cm³/mol. The Morgan fingerprint density at radius 2 is 1.74 bits per heavy atom. The second kappa shape index (κ2) is 8.14. The van der Waals surface area contributed by atoms with Crippen molar-refractivity contribution in [2.24, 2.45) is 0 Å². The number of nitrogens with one attached hydrogen (secondary N) is 1. The largest absolute Gasteiger partial charge is 0.388 e. The molecule has 0 aliphatic carbocycles. The van der Waals surface area contributed by atoms with Crippen LogP contribution in [0.5, 0.6) is 0 Å². The van der Waals surface area contributed by atoms with E-state index in [0.717, 1.165) is 12.0 Å². The zero-order valence-electron chi connectivity index (χ0n) is 13.3. The van der Waals surface area contributed by atoms with E-state index in [-0.39, 0.29) is 18.9 Å². The average molecular weight is 332 g/mol. The molecule has 0 heterocycles. The summed E-state index contributed by atoms with van der Waals surface area (Å²) in [6.45, 7) is 1.99. The highest BCUT2D eigenvalue weighted by Gasteiger charge is 2.21. The fourth-order valence-corrected chi connectivity index (χ4v) is 2.41. The Hall–Kier alpha value is -1.84. The first-order valence-corrected chi connectivity index (χ1v) is 8.10. The van der Waals surface area contributed by atoms with Crippen molar-refractivity contribution >= 4 is 17.5 Å². The van der Waals surface area contributed by atoms with E-state index in [9.17, 15) is 9.90 Å². The van der Waals surface area contributed by atoms with Crippen molar-refractivity contribution in [2.75, 3.05) is 6.54 Å². The van der Waals surface area contributed by atoms with E-state index >= 15 is 0 Å². The van der Waals surface area contributed by atoms with E-state index in [4.69, 9.17) is 11.6 Å². The number of carbonyl (C=O) groups excluding carboxylic acids is 1. The molecule has 0 aliphatic rings. The maximum atomic E-state index is 12.0. The predicted octanol–water partition coefficient (Wildman–Crippen LogP) is 3.38. The maximum absolute atomic E-state index is 12.0. The molecule has 0 aliphatic heterocycles. The molecular formula is C19H22ClNO2. The van der Waals surface area contributed by atoms with E-state index < -0.39 is 5.60 Å². The lowest BCUT2D eigenvalue weighted by Gasteiger charge is -2.23. The minimum atomic E-state index is -0.925. The van der Waals surface area contributed by atoms with Crippen LogP contribution >= 0.6 is 11.6 Å². The third-order valence-corrected chi connectivity index (χ3v) is 3.99. The van der Waals surface area contributed by atoms with Crippen molar-refractivity contribution < 1.29 is 9.90 Å². The highest BCUT2D eigenvalue weighted by atomic mass is 35.5. The molecule has 4 heteroatoms. The van der Waals surface area contributed by atoms with E-state index in [0.29, 0.717) is 11.4 Å². The number of carbonyl (C=O) groups is 1. The zero-order chi connectivity index (χ0) is 16.7. The lowest BCUT2D eigenvalue weighted by Crippen LogP contribution is -2.41. The summed E-state index contributed by atoms with van der Waals surface area (Å²) in [5.41, 5.74) is 1.15. The smallest absolute Gasteiger partial charge is 0.224 e. The topological polar surface area (TPSA) is 49.3 Å². The second-order valence-corrected chi connectivity index (χ2v) is 6.50. The van der Waals surface area contributed by atoms with Crippen LogP contribution in [0.15, 0.2) is 54.6 Å². The van der Waals surface area contributed by atoms with Gasteiger partial charge in [-0.1, -0.05) is 54.1 Å². The van der Waals surface area contributed by atoms with Crippen LogP contribution in [0.25, 0.3) is 0 Å². The third kappa shape index (κ3) is 6.43. The van der Waals surface area contributed by atoms with Crippen molar-refractivity contribution in [3.8, 4) is 0 Å². The normalized spacial score (nSPS) is 13.3. The van der Waals surface area contributed by atoms with Gasteiger partial charge in [0.2, 0.25) is 5.91 Å². The fraction of sp³-hybridized carbons (Fsp3) is 0.316. The van der Waals surface area contributed by atoms with Gasteiger partial charge in [0, 0.05) is 11.6 Å². The summed E-state index contributed by atoms with van der Waals surface area (Å²) in [5.74, 6) is -0.104. The summed E-state index contributed by atoms with van der Waals surface area (Å²) in [6.07, 6.45) is 1.66. The molecule has 23 heavy (non-hydrogen) atoms. The first-order chi connectivity index (χ1) is 10.9. The molecule has 3 nitrogen and oxygen atoms in total. The summed E-state index contributed by atoms with van der Waals surface area (Å²) in [5, 5.41) is 13.8. The number of hydrogen-bond donors (Lipinski definition) is 2. The fourth-order valence-electron chi connectivity index (χ4n) is 2.29. The van der Waals surface area contributed by atoms with Crippen molar-refractivity contribution in [3.63, 3.8) is 0 Å². The van der Waals surface area contributed by atoms with E-state index in [1.807, 2.05) is 42.5 Å². The molecule has 2 N–H and O–H groups in total. The van der Waals surface area contributed by atoms with Crippen LogP contribution in [-0.2, 0) is 17.6 Å². The molecule has 122 valence electrons. The van der Waals surface area contributed by atoms with Gasteiger partial charge in [0.1, 0.15) is 0 Å². The molecule has 0 radical (unpaired) electrons. The van der Waals surface area contributed by atoms with Crippen molar-refractivity contribution in [3.05, 3.63) is 70.7 Å². The Morgan fingerprint density at radius 1 is 1.09 bits per heavy atom. The molecular weight excluding hydrogens is 310 g/mol. The third-order valence-electron chi connectivity index (χ3n) is 3.74. The van der Waals surface area contributed by atoms with Gasteiger partial charge in [-0.2, -0.15) is 0 Å². The van der Waals surface area contributed by atoms with Gasteiger partial charge < -0.3 is 10.4 Å². The monoisotopic (exact) mass is 331 g/mol. The molecule has 0 bridgehead atoms. The lowest BCUT2D eigenvalue weighted by molar-refractivity contribution is -0.121. The summed E-state index contributed by atoms with van der Waals surface area (Å²) in [6, 6.07) is 17.2. The Balaban J connectivity index is 1.76. The highest BCUT2D eigenvalue weighted by molar-refractivity contribution is 6.30. The van der Waals surface area contributed by atoms with E-state index in [1.54, 1.807) is 19.1 Å². The number of aliphatic hydroxyl groups is 1. The minimum absolute atomic E-state index is 0.104. The van der Waals surface area contributed by atoms with Crippen LogP contribution in [0.1, 0.15) is 24.5 Å². The van der Waals surface area contributed by atoms with Crippen molar-refractivity contribution in [2.45, 2.75) is 31.8 Å². The molecule has 2 aromatic carbocycles. The summed E-state index contributed by atoms with van der Waals surface area (Å²) >= 11 is 5.82. The SMILES string of the molecule is C[C@](O)(CCc1ccccc1)CNC(=O)Cc1ccc(Cl)cc1. The van der Waals surface area contributed by atoms with E-state index in [1.165, 1.54) is 5.56 Å². The van der Waals surface area contributed by atoms with Crippen LogP contribution in [0, 0.1) is 0 Å². The number of amides is 1.